The zero-order valence-electron chi connectivity index (χ0n) is 13.1. The molecule has 0 aliphatic rings. The summed E-state index contributed by atoms with van der Waals surface area (Å²) in [6.07, 6.45) is 7.46. The average molecular weight is 279 g/mol. The van der Waals surface area contributed by atoms with Crippen molar-refractivity contribution in [3.63, 3.8) is 0 Å². The first-order chi connectivity index (χ1) is 9.63. The summed E-state index contributed by atoms with van der Waals surface area (Å²) in [4.78, 5) is 8.42. The van der Waals surface area contributed by atoms with E-state index in [0.29, 0.717) is 12.0 Å². The number of aromatic nitrogens is 2. The molecule has 0 unspecified atom stereocenters. The van der Waals surface area contributed by atoms with E-state index in [9.17, 15) is 0 Å². The maximum atomic E-state index is 5.67. The normalized spacial score (nSPS) is 11.0. The van der Waals surface area contributed by atoms with Gasteiger partial charge < -0.3 is 16.4 Å². The van der Waals surface area contributed by atoms with Gasteiger partial charge in [-0.3, -0.25) is 0 Å². The third-order valence-corrected chi connectivity index (χ3v) is 3.13. The number of hydrogen-bond donors (Lipinski definition) is 3. The molecule has 0 radical (unpaired) electrons. The van der Waals surface area contributed by atoms with Gasteiger partial charge >= 0.3 is 0 Å². The number of nitrogens with one attached hydrogen (secondary N) is 2. The molecule has 0 saturated heterocycles. The van der Waals surface area contributed by atoms with E-state index in [-0.39, 0.29) is 0 Å². The van der Waals surface area contributed by atoms with Crippen molar-refractivity contribution in [1.29, 1.82) is 0 Å². The van der Waals surface area contributed by atoms with E-state index in [0.717, 1.165) is 44.6 Å². The van der Waals surface area contributed by atoms with Crippen LogP contribution in [0.3, 0.4) is 0 Å². The van der Waals surface area contributed by atoms with Gasteiger partial charge in [-0.1, -0.05) is 27.2 Å². The lowest BCUT2D eigenvalue weighted by Gasteiger charge is -2.11. The van der Waals surface area contributed by atoms with Crippen LogP contribution < -0.4 is 16.4 Å². The molecular weight excluding hydrogens is 250 g/mol. The third-order valence-electron chi connectivity index (χ3n) is 3.13. The smallest absolute Gasteiger partial charge is 0.221 e. The topological polar surface area (TPSA) is 75.9 Å². The number of hydrogen-bond acceptors (Lipinski definition) is 5. The molecule has 0 bridgehead atoms. The monoisotopic (exact) mass is 279 g/mol. The Hall–Kier alpha value is -1.36. The molecule has 20 heavy (non-hydrogen) atoms. The van der Waals surface area contributed by atoms with Crippen molar-refractivity contribution in [2.75, 3.05) is 24.1 Å². The molecule has 1 heterocycles. The van der Waals surface area contributed by atoms with Gasteiger partial charge in [-0.25, -0.2) is 4.98 Å². The van der Waals surface area contributed by atoms with Crippen molar-refractivity contribution in [2.24, 2.45) is 0 Å². The lowest BCUT2D eigenvalue weighted by Crippen LogP contribution is -2.23. The Morgan fingerprint density at radius 3 is 2.70 bits per heavy atom. The van der Waals surface area contributed by atoms with E-state index in [1.807, 2.05) is 6.20 Å². The van der Waals surface area contributed by atoms with E-state index in [2.05, 4.69) is 41.4 Å². The molecule has 0 aliphatic carbocycles. The third kappa shape index (κ3) is 6.70. The number of nitrogen functional groups attached to an aromatic ring is 1. The minimum Gasteiger partial charge on any atom is -0.370 e. The molecule has 0 aliphatic heterocycles. The molecule has 5 heteroatoms. The summed E-state index contributed by atoms with van der Waals surface area (Å²) in [7, 11) is 0. The van der Waals surface area contributed by atoms with Crippen LogP contribution in [0.4, 0.5) is 11.8 Å². The first-order valence-corrected chi connectivity index (χ1v) is 7.72. The fourth-order valence-corrected chi connectivity index (χ4v) is 1.97. The Bertz CT molecular complexity index is 379. The number of aryl methyl sites for hydroxylation is 1. The lowest BCUT2D eigenvalue weighted by atomic mass is 10.1. The summed E-state index contributed by atoms with van der Waals surface area (Å²) >= 11 is 0. The van der Waals surface area contributed by atoms with Crippen LogP contribution in [0.2, 0.25) is 0 Å². The fourth-order valence-electron chi connectivity index (χ4n) is 1.97. The Labute approximate surface area is 122 Å². The SMILES string of the molecule is CCCCNc1nc(N)ncc1CCCCNC(C)C. The van der Waals surface area contributed by atoms with E-state index in [4.69, 9.17) is 5.73 Å². The highest BCUT2D eigenvalue weighted by atomic mass is 15.1. The Balaban J connectivity index is 2.42. The zero-order valence-corrected chi connectivity index (χ0v) is 13.1. The molecule has 0 saturated carbocycles. The summed E-state index contributed by atoms with van der Waals surface area (Å²) in [5.41, 5.74) is 6.84. The van der Waals surface area contributed by atoms with Gasteiger partial charge in [0.05, 0.1) is 0 Å². The molecule has 1 aromatic heterocycles. The number of nitrogens with two attached hydrogens (primary N) is 1. The van der Waals surface area contributed by atoms with Crippen LogP contribution in [-0.2, 0) is 6.42 Å². The molecule has 4 N–H and O–H groups in total. The predicted octanol–water partition coefficient (Wildman–Crippen LogP) is 2.59. The molecule has 5 nitrogen and oxygen atoms in total. The van der Waals surface area contributed by atoms with Crippen LogP contribution in [0.15, 0.2) is 6.20 Å². The highest BCUT2D eigenvalue weighted by molar-refractivity contribution is 5.46. The van der Waals surface area contributed by atoms with E-state index in [1.165, 1.54) is 12.0 Å². The fraction of sp³-hybridized carbons (Fsp3) is 0.733. The van der Waals surface area contributed by atoms with Gasteiger partial charge in [0.2, 0.25) is 5.95 Å². The van der Waals surface area contributed by atoms with Crippen LogP contribution in [0, 0.1) is 0 Å². The van der Waals surface area contributed by atoms with Gasteiger partial charge in [0, 0.05) is 24.3 Å². The van der Waals surface area contributed by atoms with E-state index >= 15 is 0 Å². The van der Waals surface area contributed by atoms with Crippen LogP contribution >= 0.6 is 0 Å². The van der Waals surface area contributed by atoms with Crippen molar-refractivity contribution < 1.29 is 0 Å². The van der Waals surface area contributed by atoms with Crippen molar-refractivity contribution >= 4 is 11.8 Å². The molecule has 0 atom stereocenters. The summed E-state index contributed by atoms with van der Waals surface area (Å²) < 4.78 is 0. The molecule has 0 spiro atoms. The molecule has 1 aromatic rings. The number of rotatable bonds is 10. The first-order valence-electron chi connectivity index (χ1n) is 7.72. The maximum Gasteiger partial charge on any atom is 0.221 e. The predicted molar refractivity (Wildman–Crippen MR) is 85.9 cm³/mol. The standard InChI is InChI=1S/C15H29N5/c1-4-5-9-18-14-13(11-19-15(16)20-14)8-6-7-10-17-12(2)3/h11-12,17H,4-10H2,1-3H3,(H3,16,18,19,20). The van der Waals surface area contributed by atoms with Crippen LogP contribution in [-0.4, -0.2) is 29.1 Å². The van der Waals surface area contributed by atoms with Crippen LogP contribution in [0.5, 0.6) is 0 Å². The summed E-state index contributed by atoms with van der Waals surface area (Å²) in [6, 6.07) is 0.557. The second kappa shape index (κ2) is 9.53. The zero-order chi connectivity index (χ0) is 14.8. The number of unbranched alkanes of at least 4 members (excludes halogenated alkanes) is 2. The summed E-state index contributed by atoms with van der Waals surface area (Å²) in [6.45, 7) is 8.52. The van der Waals surface area contributed by atoms with E-state index in [1.54, 1.807) is 0 Å². The van der Waals surface area contributed by atoms with Crippen molar-refractivity contribution in [3.05, 3.63) is 11.8 Å². The lowest BCUT2D eigenvalue weighted by molar-refractivity contribution is 0.557. The average Bonchev–Trinajstić information content (AvgIpc) is 2.40. The second-order valence-corrected chi connectivity index (χ2v) is 5.45. The summed E-state index contributed by atoms with van der Waals surface area (Å²) in [5.74, 6) is 1.25. The minimum absolute atomic E-state index is 0.342. The highest BCUT2D eigenvalue weighted by Crippen LogP contribution is 2.15. The Kier molecular flexibility index (Phi) is 7.95. The van der Waals surface area contributed by atoms with Gasteiger partial charge in [-0.15, -0.1) is 0 Å². The Morgan fingerprint density at radius 2 is 2.00 bits per heavy atom. The molecule has 0 fully saturated rings. The van der Waals surface area contributed by atoms with Gasteiger partial charge in [0.15, 0.2) is 0 Å². The van der Waals surface area contributed by atoms with Crippen LogP contribution in [0.1, 0.15) is 52.0 Å². The molecule has 1 rings (SSSR count). The van der Waals surface area contributed by atoms with Gasteiger partial charge in [0.25, 0.3) is 0 Å². The number of anilines is 2. The summed E-state index contributed by atoms with van der Waals surface area (Å²) in [5, 5.41) is 6.80. The number of nitrogens with zero attached hydrogens (tertiary/aromatic N) is 2. The van der Waals surface area contributed by atoms with Gasteiger partial charge in [0.1, 0.15) is 5.82 Å². The van der Waals surface area contributed by atoms with Crippen molar-refractivity contribution in [2.45, 2.75) is 58.9 Å². The minimum atomic E-state index is 0.342. The highest BCUT2D eigenvalue weighted by Gasteiger charge is 2.05. The van der Waals surface area contributed by atoms with Crippen molar-refractivity contribution in [3.8, 4) is 0 Å². The molecular formula is C15H29N5. The Morgan fingerprint density at radius 1 is 1.20 bits per heavy atom. The van der Waals surface area contributed by atoms with Crippen molar-refractivity contribution in [1.82, 2.24) is 15.3 Å². The van der Waals surface area contributed by atoms with Crippen LogP contribution in [0.25, 0.3) is 0 Å². The maximum absolute atomic E-state index is 5.67. The van der Waals surface area contributed by atoms with Gasteiger partial charge in [-0.05, 0) is 32.2 Å². The van der Waals surface area contributed by atoms with Gasteiger partial charge in [-0.2, -0.15) is 4.98 Å². The molecule has 0 amide bonds. The largest absolute Gasteiger partial charge is 0.370 e. The first kappa shape index (κ1) is 16.7. The molecule has 114 valence electrons. The second-order valence-electron chi connectivity index (χ2n) is 5.45. The quantitative estimate of drug-likeness (QED) is 0.574. The van der Waals surface area contributed by atoms with E-state index < -0.39 is 0 Å². The molecule has 0 aromatic carbocycles.